The summed E-state index contributed by atoms with van der Waals surface area (Å²) in [5.74, 6) is 0.404. The number of halogens is 1. The lowest BCUT2D eigenvalue weighted by atomic mass is 10.0. The minimum atomic E-state index is -0.380. The summed E-state index contributed by atoms with van der Waals surface area (Å²) < 4.78 is 0. The van der Waals surface area contributed by atoms with Crippen LogP contribution in [0.5, 0.6) is 0 Å². The Bertz CT molecular complexity index is 404. The van der Waals surface area contributed by atoms with E-state index in [1.807, 2.05) is 0 Å². The minimum Gasteiger partial charge on any atom is -0.303 e. The molecule has 0 spiro atoms. The molecule has 1 aromatic heterocycles. The van der Waals surface area contributed by atoms with E-state index in [0.717, 1.165) is 31.6 Å². The molecular weight excluding hydrogens is 214 g/mol. The Labute approximate surface area is 93.3 Å². The number of aromatic nitrogens is 2. The number of nitrogens with zero attached hydrogens (tertiary/aromatic N) is 2. The van der Waals surface area contributed by atoms with E-state index in [1.54, 1.807) is 6.20 Å². The Hall–Kier alpha value is -0.870. The van der Waals surface area contributed by atoms with Crippen molar-refractivity contribution in [2.45, 2.75) is 19.3 Å². The van der Waals surface area contributed by atoms with Gasteiger partial charge in [0.2, 0.25) is 0 Å². The van der Waals surface area contributed by atoms with Crippen molar-refractivity contribution in [2.24, 2.45) is 0 Å². The molecule has 0 amide bonds. The van der Waals surface area contributed by atoms with E-state index < -0.39 is 0 Å². The van der Waals surface area contributed by atoms with Crippen molar-refractivity contribution in [3.8, 4) is 0 Å². The van der Waals surface area contributed by atoms with Crippen LogP contribution in [0.1, 0.15) is 24.8 Å². The summed E-state index contributed by atoms with van der Waals surface area (Å²) in [7, 11) is 0. The van der Waals surface area contributed by atoms with Crippen molar-refractivity contribution in [1.82, 2.24) is 14.9 Å². The van der Waals surface area contributed by atoms with Crippen LogP contribution in [0.3, 0.4) is 0 Å². The van der Waals surface area contributed by atoms with Gasteiger partial charge in [-0.1, -0.05) is 18.5 Å². The van der Waals surface area contributed by atoms with E-state index in [0.29, 0.717) is 11.1 Å². The molecular formula is C10H14ClN3O. The summed E-state index contributed by atoms with van der Waals surface area (Å²) in [6, 6.07) is 0. The standard InChI is InChI=1S/C10H14ClN3O/c1-2-14-4-3-7(6-14)8-5-12-10(15)13-9(8)11/h5,7H,2-4,6H2,1H3,(H,12,13,15). The quantitative estimate of drug-likeness (QED) is 0.774. The predicted molar refractivity (Wildman–Crippen MR) is 59.3 cm³/mol. The number of aromatic amines is 1. The molecule has 4 nitrogen and oxygen atoms in total. The smallest absolute Gasteiger partial charge is 0.303 e. The maximum Gasteiger partial charge on any atom is 0.346 e. The normalized spacial score (nSPS) is 22.1. The first-order valence-electron chi connectivity index (χ1n) is 5.17. The van der Waals surface area contributed by atoms with Crippen LogP contribution >= 0.6 is 11.6 Å². The number of likely N-dealkylation sites (tertiary alicyclic amines) is 1. The van der Waals surface area contributed by atoms with Crippen molar-refractivity contribution in [1.29, 1.82) is 0 Å². The summed E-state index contributed by atoms with van der Waals surface area (Å²) in [6.45, 7) is 5.31. The van der Waals surface area contributed by atoms with Crippen LogP contribution in [0.4, 0.5) is 0 Å². The molecule has 1 atom stereocenters. The third-order valence-electron chi connectivity index (χ3n) is 2.95. The van der Waals surface area contributed by atoms with Gasteiger partial charge in [0.1, 0.15) is 5.15 Å². The maximum absolute atomic E-state index is 10.9. The summed E-state index contributed by atoms with van der Waals surface area (Å²) in [6.07, 6.45) is 2.69. The maximum atomic E-state index is 10.9. The van der Waals surface area contributed by atoms with Gasteiger partial charge in [-0.05, 0) is 19.5 Å². The highest BCUT2D eigenvalue weighted by Crippen LogP contribution is 2.29. The number of hydrogen-bond acceptors (Lipinski definition) is 3. The van der Waals surface area contributed by atoms with Gasteiger partial charge in [0, 0.05) is 24.2 Å². The van der Waals surface area contributed by atoms with Crippen LogP contribution < -0.4 is 5.69 Å². The zero-order valence-electron chi connectivity index (χ0n) is 8.66. The van der Waals surface area contributed by atoms with E-state index >= 15 is 0 Å². The third-order valence-corrected chi connectivity index (χ3v) is 3.26. The third kappa shape index (κ3) is 2.21. The number of hydrogen-bond donors (Lipinski definition) is 1. The lowest BCUT2D eigenvalue weighted by Gasteiger charge is -2.13. The zero-order chi connectivity index (χ0) is 10.8. The zero-order valence-corrected chi connectivity index (χ0v) is 9.42. The van der Waals surface area contributed by atoms with Gasteiger partial charge in [0.15, 0.2) is 0 Å². The predicted octanol–water partition coefficient (Wildman–Crippen LogP) is 1.23. The molecule has 2 rings (SSSR count). The molecule has 1 unspecified atom stereocenters. The fourth-order valence-corrected chi connectivity index (χ4v) is 2.33. The lowest BCUT2D eigenvalue weighted by Crippen LogP contribution is -2.20. The second kappa shape index (κ2) is 4.33. The van der Waals surface area contributed by atoms with Gasteiger partial charge in [-0.25, -0.2) is 9.78 Å². The van der Waals surface area contributed by atoms with E-state index in [-0.39, 0.29) is 5.69 Å². The number of likely N-dealkylation sites (N-methyl/N-ethyl adjacent to an activating group) is 1. The molecule has 1 aliphatic heterocycles. The molecule has 1 aromatic rings. The lowest BCUT2D eigenvalue weighted by molar-refractivity contribution is 0.354. The van der Waals surface area contributed by atoms with Gasteiger partial charge in [-0.15, -0.1) is 0 Å². The highest BCUT2D eigenvalue weighted by Gasteiger charge is 2.24. The molecule has 1 fully saturated rings. The number of H-pyrrole nitrogens is 1. The second-order valence-electron chi connectivity index (χ2n) is 3.84. The highest BCUT2D eigenvalue weighted by molar-refractivity contribution is 6.30. The van der Waals surface area contributed by atoms with E-state index in [2.05, 4.69) is 21.8 Å². The Morgan fingerprint density at radius 1 is 1.73 bits per heavy atom. The molecule has 2 heterocycles. The summed E-state index contributed by atoms with van der Waals surface area (Å²) in [5, 5.41) is 0.443. The van der Waals surface area contributed by atoms with Gasteiger partial charge < -0.3 is 4.90 Å². The van der Waals surface area contributed by atoms with Crippen LogP contribution in [0.25, 0.3) is 0 Å². The number of rotatable bonds is 2. The minimum absolute atomic E-state index is 0.380. The average Bonchev–Trinajstić information content (AvgIpc) is 2.66. The summed E-state index contributed by atoms with van der Waals surface area (Å²) in [4.78, 5) is 19.5. The molecule has 0 bridgehead atoms. The van der Waals surface area contributed by atoms with Gasteiger partial charge in [0.05, 0.1) is 0 Å². The Balaban J connectivity index is 2.20. The van der Waals surface area contributed by atoms with Crippen LogP contribution in [0.2, 0.25) is 5.15 Å². The monoisotopic (exact) mass is 227 g/mol. The molecule has 5 heteroatoms. The fourth-order valence-electron chi connectivity index (χ4n) is 2.04. The van der Waals surface area contributed by atoms with Crippen molar-refractivity contribution in [2.75, 3.05) is 19.6 Å². The van der Waals surface area contributed by atoms with Crippen molar-refractivity contribution >= 4 is 11.6 Å². The fraction of sp³-hybridized carbons (Fsp3) is 0.600. The molecule has 82 valence electrons. The van der Waals surface area contributed by atoms with E-state index in [1.165, 1.54) is 0 Å². The molecule has 0 radical (unpaired) electrons. The van der Waals surface area contributed by atoms with Crippen molar-refractivity contribution < 1.29 is 0 Å². The summed E-state index contributed by atoms with van der Waals surface area (Å²) in [5.41, 5.74) is 0.585. The second-order valence-corrected chi connectivity index (χ2v) is 4.21. The molecule has 1 aliphatic rings. The molecule has 0 aliphatic carbocycles. The molecule has 1 saturated heterocycles. The van der Waals surface area contributed by atoms with Gasteiger partial charge in [-0.3, -0.25) is 4.98 Å². The Morgan fingerprint density at radius 2 is 2.53 bits per heavy atom. The van der Waals surface area contributed by atoms with Crippen LogP contribution in [-0.2, 0) is 0 Å². The molecule has 0 aromatic carbocycles. The first-order valence-corrected chi connectivity index (χ1v) is 5.55. The van der Waals surface area contributed by atoms with Gasteiger partial charge in [-0.2, -0.15) is 0 Å². The Morgan fingerprint density at radius 3 is 3.13 bits per heavy atom. The van der Waals surface area contributed by atoms with Crippen LogP contribution in [0, 0.1) is 0 Å². The average molecular weight is 228 g/mol. The van der Waals surface area contributed by atoms with E-state index in [4.69, 9.17) is 11.6 Å². The summed E-state index contributed by atoms with van der Waals surface area (Å²) >= 11 is 5.99. The SMILES string of the molecule is CCN1CCC(c2cnc(=O)[nH]c2Cl)C1. The number of nitrogens with one attached hydrogen (secondary N) is 1. The first kappa shape index (κ1) is 10.6. The van der Waals surface area contributed by atoms with Crippen molar-refractivity contribution in [3.05, 3.63) is 27.4 Å². The highest BCUT2D eigenvalue weighted by atomic mass is 35.5. The Kier molecular flexibility index (Phi) is 3.07. The van der Waals surface area contributed by atoms with Gasteiger partial charge in [0.25, 0.3) is 0 Å². The first-order chi connectivity index (χ1) is 7.20. The van der Waals surface area contributed by atoms with Crippen LogP contribution in [-0.4, -0.2) is 34.5 Å². The van der Waals surface area contributed by atoms with Crippen LogP contribution in [0.15, 0.2) is 11.0 Å². The molecule has 0 saturated carbocycles. The molecule has 15 heavy (non-hydrogen) atoms. The van der Waals surface area contributed by atoms with E-state index in [9.17, 15) is 4.79 Å². The largest absolute Gasteiger partial charge is 0.346 e. The van der Waals surface area contributed by atoms with Gasteiger partial charge >= 0.3 is 5.69 Å². The topological polar surface area (TPSA) is 49.0 Å². The molecule has 1 N–H and O–H groups in total. The van der Waals surface area contributed by atoms with Crippen molar-refractivity contribution in [3.63, 3.8) is 0 Å².